The third kappa shape index (κ3) is 3.90. The molecule has 0 unspecified atom stereocenters. The Hall–Kier alpha value is -2.34. The lowest BCUT2D eigenvalue weighted by Crippen LogP contribution is -2.14. The summed E-state index contributed by atoms with van der Waals surface area (Å²) in [7, 11) is 1.73. The topological polar surface area (TPSA) is 48.0 Å². The number of benzene rings is 1. The Bertz CT molecular complexity index is 856. The van der Waals surface area contributed by atoms with Crippen LogP contribution in [-0.2, 0) is 18.6 Å². The van der Waals surface area contributed by atoms with Gasteiger partial charge in [0, 0.05) is 36.7 Å². The van der Waals surface area contributed by atoms with Gasteiger partial charge in [0.2, 0.25) is 0 Å². The highest BCUT2D eigenvalue weighted by molar-refractivity contribution is 7.97. The van der Waals surface area contributed by atoms with Gasteiger partial charge in [-0.05, 0) is 35.9 Å². The number of nitrogens with zero attached hydrogens (tertiary/aromatic N) is 2. The van der Waals surface area contributed by atoms with Gasteiger partial charge in [-0.1, -0.05) is 5.16 Å². The van der Waals surface area contributed by atoms with Gasteiger partial charge in [-0.3, -0.25) is 4.79 Å². The van der Waals surface area contributed by atoms with E-state index < -0.39 is 0 Å². The maximum atomic E-state index is 12.9. The molecule has 4 nitrogen and oxygen atoms in total. The predicted molar refractivity (Wildman–Crippen MR) is 88.6 cm³/mol. The van der Waals surface area contributed by atoms with Crippen LogP contribution in [-0.4, -0.2) is 9.72 Å². The van der Waals surface area contributed by atoms with Gasteiger partial charge in [0.05, 0.1) is 5.75 Å². The Kier molecular flexibility index (Phi) is 4.62. The van der Waals surface area contributed by atoms with Gasteiger partial charge in [0.25, 0.3) is 5.56 Å². The number of halogens is 1. The molecule has 0 aliphatic rings. The molecule has 0 saturated heterocycles. The van der Waals surface area contributed by atoms with Gasteiger partial charge in [-0.25, -0.2) is 4.39 Å². The fourth-order valence-corrected chi connectivity index (χ4v) is 2.94. The summed E-state index contributed by atoms with van der Waals surface area (Å²) in [4.78, 5) is 11.6. The summed E-state index contributed by atoms with van der Waals surface area (Å²) in [6, 6.07) is 11.6. The SMILES string of the molecule is Cn1ccc(CSCc2cc(-c3ccc(F)cc3)no2)cc1=O. The summed E-state index contributed by atoms with van der Waals surface area (Å²) >= 11 is 1.64. The van der Waals surface area contributed by atoms with Crippen LogP contribution < -0.4 is 5.56 Å². The first kappa shape index (κ1) is 15.6. The monoisotopic (exact) mass is 330 g/mol. The molecule has 6 heteroatoms. The largest absolute Gasteiger partial charge is 0.360 e. The molecule has 1 aromatic carbocycles. The number of pyridine rings is 1. The minimum absolute atomic E-state index is 0.0126. The van der Waals surface area contributed by atoms with E-state index >= 15 is 0 Å². The van der Waals surface area contributed by atoms with Crippen LogP contribution >= 0.6 is 11.8 Å². The summed E-state index contributed by atoms with van der Waals surface area (Å²) in [5, 5.41) is 4.00. The molecular weight excluding hydrogens is 315 g/mol. The van der Waals surface area contributed by atoms with E-state index in [9.17, 15) is 9.18 Å². The standard InChI is InChI=1S/C17H15FN2O2S/c1-20-7-6-12(8-17(20)21)10-23-11-15-9-16(19-22-15)13-2-4-14(18)5-3-13/h2-9H,10-11H2,1H3. The van der Waals surface area contributed by atoms with Gasteiger partial charge in [-0.2, -0.15) is 0 Å². The summed E-state index contributed by atoms with van der Waals surface area (Å²) in [6.45, 7) is 0. The maximum Gasteiger partial charge on any atom is 0.250 e. The van der Waals surface area contributed by atoms with Gasteiger partial charge >= 0.3 is 0 Å². The van der Waals surface area contributed by atoms with Crippen LogP contribution in [0.5, 0.6) is 0 Å². The van der Waals surface area contributed by atoms with Crippen LogP contribution in [0.3, 0.4) is 0 Å². The van der Waals surface area contributed by atoms with E-state index in [4.69, 9.17) is 4.52 Å². The molecule has 23 heavy (non-hydrogen) atoms. The van der Waals surface area contributed by atoms with Crippen LogP contribution in [0.1, 0.15) is 11.3 Å². The molecule has 0 radical (unpaired) electrons. The number of hydrogen-bond donors (Lipinski definition) is 0. The lowest BCUT2D eigenvalue weighted by Gasteiger charge is -2.01. The summed E-state index contributed by atoms with van der Waals surface area (Å²) in [6.07, 6.45) is 1.76. The third-order valence-corrected chi connectivity index (χ3v) is 4.41. The highest BCUT2D eigenvalue weighted by Gasteiger charge is 2.07. The second kappa shape index (κ2) is 6.83. The zero-order chi connectivity index (χ0) is 16.2. The molecule has 0 N–H and O–H groups in total. The zero-order valence-electron chi connectivity index (χ0n) is 12.5. The normalized spacial score (nSPS) is 10.9. The Balaban J connectivity index is 1.60. The second-order valence-electron chi connectivity index (χ2n) is 5.16. The third-order valence-electron chi connectivity index (χ3n) is 3.38. The van der Waals surface area contributed by atoms with E-state index in [1.807, 2.05) is 12.1 Å². The molecule has 0 aliphatic carbocycles. The van der Waals surface area contributed by atoms with E-state index in [0.717, 1.165) is 22.6 Å². The van der Waals surface area contributed by atoms with Crippen LogP contribution in [0.2, 0.25) is 0 Å². The fraction of sp³-hybridized carbons (Fsp3) is 0.176. The van der Waals surface area contributed by atoms with Gasteiger partial charge in [-0.15, -0.1) is 11.8 Å². The number of aryl methyl sites for hydroxylation is 1. The molecule has 0 saturated carbocycles. The van der Waals surface area contributed by atoms with E-state index in [2.05, 4.69) is 5.16 Å². The number of rotatable bonds is 5. The zero-order valence-corrected chi connectivity index (χ0v) is 13.3. The molecule has 118 valence electrons. The molecule has 3 rings (SSSR count). The first-order valence-corrected chi connectivity index (χ1v) is 8.22. The van der Waals surface area contributed by atoms with Crippen molar-refractivity contribution in [3.63, 3.8) is 0 Å². The van der Waals surface area contributed by atoms with Crippen molar-refractivity contribution in [2.24, 2.45) is 7.05 Å². The van der Waals surface area contributed by atoms with Gasteiger partial charge < -0.3 is 9.09 Å². The summed E-state index contributed by atoms with van der Waals surface area (Å²) in [5.74, 6) is 1.85. The fourth-order valence-electron chi connectivity index (χ4n) is 2.09. The van der Waals surface area contributed by atoms with Crippen molar-refractivity contribution in [2.75, 3.05) is 0 Å². The Morgan fingerprint density at radius 3 is 2.70 bits per heavy atom. The highest BCUT2D eigenvalue weighted by Crippen LogP contribution is 2.23. The van der Waals surface area contributed by atoms with Crippen molar-refractivity contribution in [1.29, 1.82) is 0 Å². The first-order valence-electron chi connectivity index (χ1n) is 7.06. The molecule has 0 aliphatic heterocycles. The minimum atomic E-state index is -0.276. The molecule has 2 heterocycles. The molecule has 0 atom stereocenters. The average Bonchev–Trinajstić information content (AvgIpc) is 3.00. The molecule has 2 aromatic heterocycles. The Labute approximate surface area is 136 Å². The quantitative estimate of drug-likeness (QED) is 0.717. The Morgan fingerprint density at radius 2 is 1.96 bits per heavy atom. The summed E-state index contributed by atoms with van der Waals surface area (Å²) < 4.78 is 19.8. The lowest BCUT2D eigenvalue weighted by molar-refractivity contribution is 0.397. The number of hydrogen-bond acceptors (Lipinski definition) is 4. The highest BCUT2D eigenvalue weighted by atomic mass is 32.2. The van der Waals surface area contributed by atoms with Crippen molar-refractivity contribution in [1.82, 2.24) is 9.72 Å². The smallest absolute Gasteiger partial charge is 0.250 e. The average molecular weight is 330 g/mol. The van der Waals surface area contributed by atoms with Crippen LogP contribution in [0.4, 0.5) is 4.39 Å². The molecule has 0 bridgehead atoms. The van der Waals surface area contributed by atoms with Crippen molar-refractivity contribution >= 4 is 11.8 Å². The lowest BCUT2D eigenvalue weighted by atomic mass is 10.1. The minimum Gasteiger partial charge on any atom is -0.360 e. The first-order chi connectivity index (χ1) is 11.1. The van der Waals surface area contributed by atoms with E-state index in [-0.39, 0.29) is 11.4 Å². The van der Waals surface area contributed by atoms with E-state index in [1.54, 1.807) is 47.8 Å². The van der Waals surface area contributed by atoms with Crippen molar-refractivity contribution in [3.05, 3.63) is 76.2 Å². The van der Waals surface area contributed by atoms with Crippen molar-refractivity contribution < 1.29 is 8.91 Å². The predicted octanol–water partition coefficient (Wildman–Crippen LogP) is 3.61. The van der Waals surface area contributed by atoms with Gasteiger partial charge in [0.15, 0.2) is 0 Å². The van der Waals surface area contributed by atoms with E-state index in [0.29, 0.717) is 11.4 Å². The van der Waals surface area contributed by atoms with Crippen molar-refractivity contribution in [3.8, 4) is 11.3 Å². The molecule has 3 aromatic rings. The van der Waals surface area contributed by atoms with Gasteiger partial charge in [0.1, 0.15) is 17.3 Å². The second-order valence-corrected chi connectivity index (χ2v) is 6.15. The molecule has 0 fully saturated rings. The summed E-state index contributed by atoms with van der Waals surface area (Å²) in [5.41, 5.74) is 2.48. The maximum absolute atomic E-state index is 12.9. The molecule has 0 amide bonds. The molecular formula is C17H15FN2O2S. The number of thioether (sulfide) groups is 1. The van der Waals surface area contributed by atoms with E-state index in [1.165, 1.54) is 12.1 Å². The van der Waals surface area contributed by atoms with Crippen LogP contribution in [0.15, 0.2) is 58.0 Å². The number of aromatic nitrogens is 2. The Morgan fingerprint density at radius 1 is 1.17 bits per heavy atom. The van der Waals surface area contributed by atoms with Crippen molar-refractivity contribution in [2.45, 2.75) is 11.5 Å². The molecule has 0 spiro atoms. The van der Waals surface area contributed by atoms with Crippen LogP contribution in [0, 0.1) is 5.82 Å². The van der Waals surface area contributed by atoms with Crippen LogP contribution in [0.25, 0.3) is 11.3 Å².